The van der Waals surface area contributed by atoms with Gasteiger partial charge in [0.15, 0.2) is 0 Å². The van der Waals surface area contributed by atoms with Crippen molar-refractivity contribution >= 4 is 5.69 Å². The van der Waals surface area contributed by atoms with Gasteiger partial charge in [-0.3, -0.25) is 0 Å². The molecule has 0 aromatic heterocycles. The molecule has 2 aromatic carbocycles. The lowest BCUT2D eigenvalue weighted by molar-refractivity contribution is 0.178. The average molecular weight is 309 g/mol. The minimum Gasteiger partial charge on any atom is -0.378 e. The molecule has 23 heavy (non-hydrogen) atoms. The van der Waals surface area contributed by atoms with Crippen molar-refractivity contribution in [1.29, 1.82) is 0 Å². The first-order valence-corrected chi connectivity index (χ1v) is 8.33. The number of ether oxygens (including phenoxy) is 1. The molecular formula is C21H27NO. The van der Waals surface area contributed by atoms with Crippen LogP contribution in [0.15, 0.2) is 67.3 Å². The highest BCUT2D eigenvalue weighted by molar-refractivity contribution is 5.59. The first-order valence-electron chi connectivity index (χ1n) is 8.33. The predicted octanol–water partition coefficient (Wildman–Crippen LogP) is 4.85. The van der Waals surface area contributed by atoms with Crippen molar-refractivity contribution in [2.75, 3.05) is 18.1 Å². The van der Waals surface area contributed by atoms with Crippen molar-refractivity contribution in [3.8, 4) is 0 Å². The third-order valence-electron chi connectivity index (χ3n) is 3.98. The number of benzene rings is 2. The Labute approximate surface area is 140 Å². The van der Waals surface area contributed by atoms with Crippen LogP contribution in [-0.4, -0.2) is 19.3 Å². The Balaban J connectivity index is 0.000000277. The molecule has 2 nitrogen and oxygen atoms in total. The summed E-state index contributed by atoms with van der Waals surface area (Å²) in [5.41, 5.74) is 4.27. The summed E-state index contributed by atoms with van der Waals surface area (Å²) in [6.45, 7) is 10.2. The van der Waals surface area contributed by atoms with Gasteiger partial charge in [-0.05, 0) is 37.5 Å². The van der Waals surface area contributed by atoms with Gasteiger partial charge in [0.2, 0.25) is 0 Å². The molecule has 0 amide bonds. The Kier molecular flexibility index (Phi) is 6.89. The maximum Gasteiger partial charge on any atom is 0.0644 e. The SMILES string of the molecule is C=CCOCC.CC1Cc2ccccc2N1Cc1ccccc1. The van der Waals surface area contributed by atoms with E-state index < -0.39 is 0 Å². The number of rotatable bonds is 5. The molecule has 0 N–H and O–H groups in total. The lowest BCUT2D eigenvalue weighted by Crippen LogP contribution is -2.28. The van der Waals surface area contributed by atoms with Gasteiger partial charge in [-0.1, -0.05) is 54.6 Å². The van der Waals surface area contributed by atoms with Gasteiger partial charge in [0, 0.05) is 24.9 Å². The van der Waals surface area contributed by atoms with Crippen molar-refractivity contribution in [3.05, 3.63) is 78.4 Å². The second-order valence-electron chi connectivity index (χ2n) is 5.74. The summed E-state index contributed by atoms with van der Waals surface area (Å²) in [4.78, 5) is 2.50. The molecule has 0 aliphatic carbocycles. The van der Waals surface area contributed by atoms with Crippen LogP contribution in [0.25, 0.3) is 0 Å². The topological polar surface area (TPSA) is 12.5 Å². The van der Waals surface area contributed by atoms with E-state index in [1.54, 1.807) is 6.08 Å². The highest BCUT2D eigenvalue weighted by Crippen LogP contribution is 2.32. The van der Waals surface area contributed by atoms with Gasteiger partial charge in [-0.25, -0.2) is 0 Å². The second-order valence-corrected chi connectivity index (χ2v) is 5.74. The van der Waals surface area contributed by atoms with Gasteiger partial charge < -0.3 is 9.64 Å². The van der Waals surface area contributed by atoms with Gasteiger partial charge in [0.1, 0.15) is 0 Å². The summed E-state index contributed by atoms with van der Waals surface area (Å²) in [5.74, 6) is 0. The number of fused-ring (bicyclic) bond motifs is 1. The summed E-state index contributed by atoms with van der Waals surface area (Å²) < 4.78 is 4.86. The van der Waals surface area contributed by atoms with E-state index in [2.05, 4.69) is 73.0 Å². The highest BCUT2D eigenvalue weighted by Gasteiger charge is 2.24. The van der Waals surface area contributed by atoms with Gasteiger partial charge in [-0.2, -0.15) is 0 Å². The van der Waals surface area contributed by atoms with Gasteiger partial charge >= 0.3 is 0 Å². The number of para-hydroxylation sites is 1. The first-order chi connectivity index (χ1) is 11.3. The van der Waals surface area contributed by atoms with Crippen molar-refractivity contribution in [2.24, 2.45) is 0 Å². The Hall–Kier alpha value is -2.06. The summed E-state index contributed by atoms with van der Waals surface area (Å²) in [7, 11) is 0. The molecule has 0 saturated carbocycles. The zero-order valence-electron chi connectivity index (χ0n) is 14.2. The zero-order chi connectivity index (χ0) is 16.5. The summed E-state index contributed by atoms with van der Waals surface area (Å²) in [6, 6.07) is 20.1. The van der Waals surface area contributed by atoms with E-state index in [-0.39, 0.29) is 0 Å². The summed E-state index contributed by atoms with van der Waals surface area (Å²) in [5, 5.41) is 0. The maximum atomic E-state index is 4.86. The fourth-order valence-electron chi connectivity index (χ4n) is 2.85. The quantitative estimate of drug-likeness (QED) is 0.578. The minimum absolute atomic E-state index is 0.604. The third-order valence-corrected chi connectivity index (χ3v) is 3.98. The predicted molar refractivity (Wildman–Crippen MR) is 98.9 cm³/mol. The second kappa shape index (κ2) is 9.16. The van der Waals surface area contributed by atoms with Crippen molar-refractivity contribution in [2.45, 2.75) is 32.9 Å². The number of hydrogen-bond donors (Lipinski definition) is 0. The molecule has 0 bridgehead atoms. The van der Waals surface area contributed by atoms with Crippen LogP contribution in [0.4, 0.5) is 5.69 Å². The molecule has 122 valence electrons. The average Bonchev–Trinajstić information content (AvgIpc) is 2.90. The molecule has 1 aliphatic heterocycles. The van der Waals surface area contributed by atoms with Crippen LogP contribution in [0.3, 0.4) is 0 Å². The normalized spacial score (nSPS) is 15.6. The van der Waals surface area contributed by atoms with Crippen molar-refractivity contribution in [3.63, 3.8) is 0 Å². The Morgan fingerprint density at radius 1 is 1.13 bits per heavy atom. The first kappa shape index (κ1) is 17.3. The third kappa shape index (κ3) is 4.97. The Bertz CT molecular complexity index is 594. The zero-order valence-corrected chi connectivity index (χ0v) is 14.2. The van der Waals surface area contributed by atoms with E-state index in [1.165, 1.54) is 23.2 Å². The molecule has 2 aromatic rings. The Morgan fingerprint density at radius 3 is 2.48 bits per heavy atom. The van der Waals surface area contributed by atoms with Crippen LogP contribution in [0.5, 0.6) is 0 Å². The van der Waals surface area contributed by atoms with E-state index in [0.717, 1.165) is 13.2 Å². The maximum absolute atomic E-state index is 4.86. The minimum atomic E-state index is 0.604. The van der Waals surface area contributed by atoms with Crippen LogP contribution < -0.4 is 4.90 Å². The van der Waals surface area contributed by atoms with Gasteiger partial charge in [0.05, 0.1) is 6.61 Å². The monoisotopic (exact) mass is 309 g/mol. The molecule has 0 spiro atoms. The van der Waals surface area contributed by atoms with E-state index in [1.807, 2.05) is 6.92 Å². The number of anilines is 1. The molecule has 0 saturated heterocycles. The lowest BCUT2D eigenvalue weighted by atomic mass is 10.1. The molecule has 1 heterocycles. The van der Waals surface area contributed by atoms with E-state index in [0.29, 0.717) is 12.6 Å². The van der Waals surface area contributed by atoms with Crippen LogP contribution in [0.2, 0.25) is 0 Å². The standard InChI is InChI=1S/C16H17N.C5H10O/c1-13-11-15-9-5-6-10-16(15)17(13)12-14-7-3-2-4-8-14;1-3-5-6-4-2/h2-10,13H,11-12H2,1H3;3H,1,4-5H2,2H3. The lowest BCUT2D eigenvalue weighted by Gasteiger charge is -2.25. The number of hydrogen-bond acceptors (Lipinski definition) is 2. The molecular weight excluding hydrogens is 282 g/mol. The molecule has 1 atom stereocenters. The van der Waals surface area contributed by atoms with Crippen molar-refractivity contribution in [1.82, 2.24) is 0 Å². The molecule has 1 unspecified atom stereocenters. The van der Waals surface area contributed by atoms with Gasteiger partial charge in [0.25, 0.3) is 0 Å². The van der Waals surface area contributed by atoms with E-state index in [4.69, 9.17) is 4.74 Å². The Morgan fingerprint density at radius 2 is 1.83 bits per heavy atom. The molecule has 3 rings (SSSR count). The smallest absolute Gasteiger partial charge is 0.0644 e. The van der Waals surface area contributed by atoms with Crippen LogP contribution in [0.1, 0.15) is 25.0 Å². The van der Waals surface area contributed by atoms with Crippen molar-refractivity contribution < 1.29 is 4.74 Å². The van der Waals surface area contributed by atoms with Crippen LogP contribution >= 0.6 is 0 Å². The van der Waals surface area contributed by atoms with E-state index in [9.17, 15) is 0 Å². The summed E-state index contributed by atoms with van der Waals surface area (Å²) >= 11 is 0. The summed E-state index contributed by atoms with van der Waals surface area (Å²) in [6.07, 6.45) is 2.91. The molecule has 0 radical (unpaired) electrons. The molecule has 1 aliphatic rings. The molecule has 0 fully saturated rings. The highest BCUT2D eigenvalue weighted by atomic mass is 16.5. The molecule has 2 heteroatoms. The van der Waals surface area contributed by atoms with Gasteiger partial charge in [-0.15, -0.1) is 6.58 Å². The van der Waals surface area contributed by atoms with Crippen LogP contribution in [0, 0.1) is 0 Å². The fraction of sp³-hybridized carbons (Fsp3) is 0.333. The fourth-order valence-corrected chi connectivity index (χ4v) is 2.85. The largest absolute Gasteiger partial charge is 0.378 e. The van der Waals surface area contributed by atoms with Crippen LogP contribution in [-0.2, 0) is 17.7 Å². The van der Waals surface area contributed by atoms with E-state index >= 15 is 0 Å². The number of nitrogens with zero attached hydrogens (tertiary/aromatic N) is 1.